The third-order valence-corrected chi connectivity index (χ3v) is 8.07. The van der Waals surface area contributed by atoms with Gasteiger partial charge in [-0.15, -0.1) is 0 Å². The first-order valence-corrected chi connectivity index (χ1v) is 11.7. The van der Waals surface area contributed by atoms with Crippen LogP contribution in [0.3, 0.4) is 0 Å². The zero-order valence-electron chi connectivity index (χ0n) is 18.2. The zero-order valence-corrected chi connectivity index (χ0v) is 18.2. The minimum Gasteiger partial charge on any atom is -0.481 e. The van der Waals surface area contributed by atoms with Crippen LogP contribution < -0.4 is 0 Å². The van der Waals surface area contributed by atoms with Crippen LogP contribution in [-0.2, 0) is 4.79 Å². The van der Waals surface area contributed by atoms with Gasteiger partial charge in [0.25, 0.3) is 0 Å². The average Bonchev–Trinajstić information content (AvgIpc) is 3.20. The first-order valence-electron chi connectivity index (χ1n) is 11.7. The van der Waals surface area contributed by atoms with Crippen molar-refractivity contribution in [3.05, 3.63) is 23.8 Å². The van der Waals surface area contributed by atoms with Crippen molar-refractivity contribution >= 4 is 5.97 Å². The van der Waals surface area contributed by atoms with Crippen molar-refractivity contribution in [2.45, 2.75) is 96.7 Å². The van der Waals surface area contributed by atoms with Gasteiger partial charge in [-0.25, -0.2) is 0 Å². The SMILES string of the molecule is CC(C)(C1CCCCC1)[C@@H](O)/C=C/[C@@H]1[C@H]2C/C(=C/CCCC(=O)O)C[C@@H]2C[C@H]1O. The van der Waals surface area contributed by atoms with Gasteiger partial charge in [-0.3, -0.25) is 4.79 Å². The van der Waals surface area contributed by atoms with Gasteiger partial charge in [0.1, 0.15) is 0 Å². The molecular weight excluding hydrogens is 364 g/mol. The summed E-state index contributed by atoms with van der Waals surface area (Å²) in [5.41, 5.74) is 1.31. The van der Waals surface area contributed by atoms with Crippen LogP contribution in [0.25, 0.3) is 0 Å². The fraction of sp³-hybridized carbons (Fsp3) is 0.800. The Morgan fingerprint density at radius 2 is 1.93 bits per heavy atom. The van der Waals surface area contributed by atoms with E-state index < -0.39 is 12.1 Å². The number of carboxylic acid groups (broad SMARTS) is 1. The summed E-state index contributed by atoms with van der Waals surface area (Å²) in [7, 11) is 0. The van der Waals surface area contributed by atoms with Crippen LogP contribution in [0.4, 0.5) is 0 Å². The molecule has 0 heterocycles. The summed E-state index contributed by atoms with van der Waals surface area (Å²) in [4.78, 5) is 10.7. The number of fused-ring (bicyclic) bond motifs is 1. The monoisotopic (exact) mass is 404 g/mol. The molecule has 29 heavy (non-hydrogen) atoms. The number of rotatable bonds is 8. The number of aliphatic hydroxyl groups excluding tert-OH is 2. The second kappa shape index (κ2) is 9.78. The smallest absolute Gasteiger partial charge is 0.303 e. The largest absolute Gasteiger partial charge is 0.481 e. The molecule has 3 N–H and O–H groups in total. The van der Waals surface area contributed by atoms with E-state index in [1.807, 2.05) is 6.08 Å². The summed E-state index contributed by atoms with van der Waals surface area (Å²) < 4.78 is 0. The van der Waals surface area contributed by atoms with Crippen molar-refractivity contribution in [2.75, 3.05) is 0 Å². The summed E-state index contributed by atoms with van der Waals surface area (Å²) in [6, 6.07) is 0. The molecule has 5 atom stereocenters. The van der Waals surface area contributed by atoms with Crippen molar-refractivity contribution in [1.29, 1.82) is 0 Å². The maximum absolute atomic E-state index is 10.9. The molecule has 0 amide bonds. The first-order chi connectivity index (χ1) is 13.8. The normalized spacial score (nSPS) is 33.4. The van der Waals surface area contributed by atoms with E-state index in [2.05, 4.69) is 26.0 Å². The van der Waals surface area contributed by atoms with Crippen LogP contribution >= 0.6 is 0 Å². The Labute approximate surface area is 176 Å². The first kappa shape index (κ1) is 22.6. The second-order valence-corrected chi connectivity index (χ2v) is 10.3. The third-order valence-electron chi connectivity index (χ3n) is 8.07. The van der Waals surface area contributed by atoms with Gasteiger partial charge in [0.05, 0.1) is 12.2 Å². The Morgan fingerprint density at radius 3 is 2.62 bits per heavy atom. The standard InChI is InChI=1S/C25H40O4/c1-25(2,19-9-4-3-5-10-19)23(27)13-12-20-21-15-17(8-6-7-11-24(28)29)14-18(21)16-22(20)26/h8,12-13,18-23,26-27H,3-7,9-11,14-16H2,1-2H3,(H,28,29)/b13-12+,17-8+/t18-,20-,21+,22-,23+/m1/s1. The van der Waals surface area contributed by atoms with E-state index in [1.54, 1.807) is 0 Å². The van der Waals surface area contributed by atoms with Crippen LogP contribution in [0.5, 0.6) is 0 Å². The predicted molar refractivity (Wildman–Crippen MR) is 115 cm³/mol. The van der Waals surface area contributed by atoms with E-state index in [0.29, 0.717) is 24.2 Å². The molecule has 0 bridgehead atoms. The number of hydrogen-bond donors (Lipinski definition) is 3. The van der Waals surface area contributed by atoms with Crippen LogP contribution in [-0.4, -0.2) is 33.5 Å². The molecule has 3 aliphatic rings. The number of carbonyl (C=O) groups is 1. The van der Waals surface area contributed by atoms with Crippen molar-refractivity contribution < 1.29 is 20.1 Å². The molecule has 0 aromatic carbocycles. The Balaban J connectivity index is 1.57. The lowest BCUT2D eigenvalue weighted by atomic mass is 9.68. The van der Waals surface area contributed by atoms with E-state index in [0.717, 1.165) is 25.7 Å². The Kier molecular flexibility index (Phi) is 7.61. The zero-order chi connectivity index (χ0) is 21.0. The van der Waals surface area contributed by atoms with Gasteiger partial charge in [0.2, 0.25) is 0 Å². The van der Waals surface area contributed by atoms with E-state index >= 15 is 0 Å². The summed E-state index contributed by atoms with van der Waals surface area (Å²) >= 11 is 0. The number of aliphatic carboxylic acids is 1. The molecule has 0 aromatic heterocycles. The van der Waals surface area contributed by atoms with Crippen molar-refractivity contribution in [3.63, 3.8) is 0 Å². The number of aliphatic hydroxyl groups is 2. The third kappa shape index (κ3) is 5.52. The quantitative estimate of drug-likeness (QED) is 0.388. The molecule has 3 fully saturated rings. The lowest BCUT2D eigenvalue weighted by Crippen LogP contribution is -2.36. The van der Waals surface area contributed by atoms with Gasteiger partial charge in [0.15, 0.2) is 0 Å². The molecular formula is C25H40O4. The van der Waals surface area contributed by atoms with Crippen LogP contribution in [0.2, 0.25) is 0 Å². The molecule has 3 saturated carbocycles. The molecule has 0 spiro atoms. The molecule has 3 aliphatic carbocycles. The van der Waals surface area contributed by atoms with E-state index in [-0.39, 0.29) is 23.9 Å². The second-order valence-electron chi connectivity index (χ2n) is 10.3. The van der Waals surface area contributed by atoms with E-state index in [4.69, 9.17) is 5.11 Å². The molecule has 0 aromatic rings. The minimum absolute atomic E-state index is 0.120. The summed E-state index contributed by atoms with van der Waals surface area (Å²) in [5.74, 6) is 0.950. The highest BCUT2D eigenvalue weighted by atomic mass is 16.4. The van der Waals surface area contributed by atoms with Crippen molar-refractivity contribution in [2.24, 2.45) is 29.1 Å². The summed E-state index contributed by atoms with van der Waals surface area (Å²) in [5, 5.41) is 30.3. The van der Waals surface area contributed by atoms with Crippen LogP contribution in [0.1, 0.15) is 84.5 Å². The lowest BCUT2D eigenvalue weighted by Gasteiger charge is -2.39. The van der Waals surface area contributed by atoms with Gasteiger partial charge in [-0.2, -0.15) is 0 Å². The topological polar surface area (TPSA) is 77.8 Å². The van der Waals surface area contributed by atoms with Gasteiger partial charge >= 0.3 is 5.97 Å². The van der Waals surface area contributed by atoms with Crippen molar-refractivity contribution in [1.82, 2.24) is 0 Å². The molecule has 4 heteroatoms. The molecule has 0 saturated heterocycles. The van der Waals surface area contributed by atoms with Crippen molar-refractivity contribution in [3.8, 4) is 0 Å². The number of unbranched alkanes of at least 4 members (excludes halogenated alkanes) is 1. The van der Waals surface area contributed by atoms with Gasteiger partial charge in [0, 0.05) is 12.3 Å². The highest BCUT2D eigenvalue weighted by Gasteiger charge is 2.45. The fourth-order valence-corrected chi connectivity index (χ4v) is 6.07. The maximum atomic E-state index is 10.9. The fourth-order valence-electron chi connectivity index (χ4n) is 6.07. The van der Waals surface area contributed by atoms with E-state index in [1.165, 1.54) is 37.7 Å². The summed E-state index contributed by atoms with van der Waals surface area (Å²) in [6.07, 6.45) is 16.5. The molecule has 0 unspecified atom stereocenters. The predicted octanol–water partition coefficient (Wildman–Crippen LogP) is 5.10. The highest BCUT2D eigenvalue weighted by Crippen LogP contribution is 2.51. The molecule has 0 radical (unpaired) electrons. The van der Waals surface area contributed by atoms with Gasteiger partial charge < -0.3 is 15.3 Å². The lowest BCUT2D eigenvalue weighted by molar-refractivity contribution is -0.137. The Hall–Kier alpha value is -1.13. The van der Waals surface area contributed by atoms with Crippen LogP contribution in [0.15, 0.2) is 23.8 Å². The average molecular weight is 405 g/mol. The van der Waals surface area contributed by atoms with Crippen LogP contribution in [0, 0.1) is 29.1 Å². The molecule has 164 valence electrons. The maximum Gasteiger partial charge on any atom is 0.303 e. The molecule has 3 rings (SSSR count). The van der Waals surface area contributed by atoms with Gasteiger partial charge in [-0.05, 0) is 68.1 Å². The Morgan fingerprint density at radius 1 is 1.21 bits per heavy atom. The summed E-state index contributed by atoms with van der Waals surface area (Å²) in [6.45, 7) is 4.39. The molecule has 4 nitrogen and oxygen atoms in total. The minimum atomic E-state index is -0.727. The highest BCUT2D eigenvalue weighted by molar-refractivity contribution is 5.66. The van der Waals surface area contributed by atoms with E-state index in [9.17, 15) is 15.0 Å². The number of hydrogen-bond acceptors (Lipinski definition) is 3. The number of carboxylic acids is 1. The Bertz CT molecular complexity index is 614. The number of allylic oxidation sites excluding steroid dienone is 2. The molecule has 0 aliphatic heterocycles. The van der Waals surface area contributed by atoms with Gasteiger partial charge in [-0.1, -0.05) is 56.9 Å².